The Morgan fingerprint density at radius 2 is 1.72 bits per heavy atom. The summed E-state index contributed by atoms with van der Waals surface area (Å²) in [5.41, 5.74) is 2.05. The molecular formula is C24H20FN3O4. The van der Waals surface area contributed by atoms with Crippen LogP contribution in [0.3, 0.4) is 0 Å². The number of carbonyl (C=O) groups is 2. The third-order valence-electron chi connectivity index (χ3n) is 4.90. The van der Waals surface area contributed by atoms with E-state index in [0.29, 0.717) is 28.9 Å². The zero-order valence-electron chi connectivity index (χ0n) is 17.0. The van der Waals surface area contributed by atoms with E-state index in [2.05, 4.69) is 10.4 Å². The number of amides is 1. The number of aromatic nitrogens is 2. The number of benzene rings is 3. The molecule has 0 saturated carbocycles. The highest BCUT2D eigenvalue weighted by atomic mass is 19.1. The number of carboxylic acids is 1. The van der Waals surface area contributed by atoms with Crippen molar-refractivity contribution >= 4 is 22.8 Å². The normalized spacial score (nSPS) is 10.8. The monoisotopic (exact) mass is 433 g/mol. The minimum Gasteiger partial charge on any atom is -0.492 e. The Balaban J connectivity index is 1.48. The molecule has 162 valence electrons. The molecule has 3 aromatic carbocycles. The zero-order chi connectivity index (χ0) is 22.5. The molecule has 0 spiro atoms. The maximum Gasteiger partial charge on any atom is 0.335 e. The lowest BCUT2D eigenvalue weighted by Crippen LogP contribution is -2.27. The minimum atomic E-state index is -1.00. The number of nitrogens with one attached hydrogen (secondary N) is 1. The van der Waals surface area contributed by atoms with E-state index in [-0.39, 0.29) is 30.4 Å². The Labute approximate surface area is 183 Å². The van der Waals surface area contributed by atoms with Crippen molar-refractivity contribution in [3.05, 3.63) is 95.4 Å². The first kappa shape index (κ1) is 21.0. The van der Waals surface area contributed by atoms with Gasteiger partial charge in [-0.25, -0.2) is 9.18 Å². The van der Waals surface area contributed by atoms with Crippen LogP contribution in [0.5, 0.6) is 5.75 Å². The largest absolute Gasteiger partial charge is 0.492 e. The quantitative estimate of drug-likeness (QED) is 0.440. The van der Waals surface area contributed by atoms with Crippen LogP contribution in [0, 0.1) is 5.82 Å². The number of rotatable bonds is 8. The molecule has 32 heavy (non-hydrogen) atoms. The average Bonchev–Trinajstić information content (AvgIpc) is 3.17. The standard InChI is InChI=1S/C24H20FN3O4/c25-18-9-11-19(12-10-18)32-14-13-28-22(20-3-1-2-4-21(20)27-28)23(29)26-15-16-5-7-17(8-6-16)24(30)31/h1-12H,13-15H2,(H,26,29)(H,30,31). The Morgan fingerprint density at radius 1 is 1.00 bits per heavy atom. The number of hydrogen-bond donors (Lipinski definition) is 2. The first-order chi connectivity index (χ1) is 15.5. The molecule has 0 atom stereocenters. The first-order valence-corrected chi connectivity index (χ1v) is 9.95. The van der Waals surface area contributed by atoms with E-state index in [1.54, 1.807) is 16.8 Å². The highest BCUT2D eigenvalue weighted by molar-refractivity contribution is 6.05. The van der Waals surface area contributed by atoms with Gasteiger partial charge in [0.25, 0.3) is 5.91 Å². The van der Waals surface area contributed by atoms with Gasteiger partial charge in [0.05, 0.1) is 17.6 Å². The van der Waals surface area contributed by atoms with Gasteiger partial charge in [0.2, 0.25) is 0 Å². The second kappa shape index (κ2) is 9.30. The molecule has 0 unspecified atom stereocenters. The van der Waals surface area contributed by atoms with Crippen LogP contribution < -0.4 is 10.1 Å². The molecule has 4 aromatic rings. The number of hydrogen-bond acceptors (Lipinski definition) is 4. The van der Waals surface area contributed by atoms with Gasteiger partial charge < -0.3 is 15.2 Å². The van der Waals surface area contributed by atoms with Gasteiger partial charge in [0, 0.05) is 11.9 Å². The lowest BCUT2D eigenvalue weighted by Gasteiger charge is -2.10. The maximum absolute atomic E-state index is 13.0. The Morgan fingerprint density at radius 3 is 2.44 bits per heavy atom. The van der Waals surface area contributed by atoms with E-state index < -0.39 is 5.97 Å². The molecule has 0 saturated heterocycles. The molecule has 2 N–H and O–H groups in total. The first-order valence-electron chi connectivity index (χ1n) is 9.95. The SMILES string of the molecule is O=C(O)c1ccc(CNC(=O)c2c3ccccc3nn2CCOc2ccc(F)cc2)cc1. The van der Waals surface area contributed by atoms with E-state index in [0.717, 1.165) is 5.56 Å². The van der Waals surface area contributed by atoms with Crippen LogP contribution in [-0.2, 0) is 13.1 Å². The molecule has 0 bridgehead atoms. The third kappa shape index (κ3) is 4.75. The van der Waals surface area contributed by atoms with Gasteiger partial charge in [-0.2, -0.15) is 5.10 Å². The fourth-order valence-electron chi connectivity index (χ4n) is 3.29. The summed E-state index contributed by atoms with van der Waals surface area (Å²) in [7, 11) is 0. The van der Waals surface area contributed by atoms with Crippen LogP contribution in [0.15, 0.2) is 72.8 Å². The Bertz CT molecular complexity index is 1250. The topological polar surface area (TPSA) is 93.5 Å². The van der Waals surface area contributed by atoms with Crippen molar-refractivity contribution in [2.75, 3.05) is 6.61 Å². The van der Waals surface area contributed by atoms with Crippen LogP contribution in [0.2, 0.25) is 0 Å². The number of halogens is 1. The second-order valence-corrected chi connectivity index (χ2v) is 7.08. The maximum atomic E-state index is 13.0. The van der Waals surface area contributed by atoms with Crippen molar-refractivity contribution in [1.82, 2.24) is 15.1 Å². The molecule has 0 aliphatic rings. The summed E-state index contributed by atoms with van der Waals surface area (Å²) in [6.07, 6.45) is 0. The number of carbonyl (C=O) groups excluding carboxylic acids is 1. The van der Waals surface area contributed by atoms with Gasteiger partial charge in [-0.15, -0.1) is 0 Å². The zero-order valence-corrected chi connectivity index (χ0v) is 17.0. The summed E-state index contributed by atoms with van der Waals surface area (Å²) in [4.78, 5) is 24.0. The summed E-state index contributed by atoms with van der Waals surface area (Å²) < 4.78 is 20.3. The summed E-state index contributed by atoms with van der Waals surface area (Å²) in [5, 5.41) is 17.1. The van der Waals surface area contributed by atoms with Crippen molar-refractivity contribution in [2.45, 2.75) is 13.1 Å². The van der Waals surface area contributed by atoms with Crippen molar-refractivity contribution < 1.29 is 23.8 Å². The molecule has 0 aliphatic heterocycles. The fourth-order valence-corrected chi connectivity index (χ4v) is 3.29. The fraction of sp³-hybridized carbons (Fsp3) is 0.125. The van der Waals surface area contributed by atoms with Crippen molar-refractivity contribution in [3.8, 4) is 5.75 Å². The molecule has 1 aromatic heterocycles. The van der Waals surface area contributed by atoms with Gasteiger partial charge in [-0.05, 0) is 48.0 Å². The molecule has 4 rings (SSSR count). The van der Waals surface area contributed by atoms with Crippen molar-refractivity contribution in [3.63, 3.8) is 0 Å². The van der Waals surface area contributed by atoms with Crippen molar-refractivity contribution in [2.24, 2.45) is 0 Å². The number of nitrogens with zero attached hydrogens (tertiary/aromatic N) is 2. The predicted octanol–water partition coefficient (Wildman–Crippen LogP) is 3.88. The highest BCUT2D eigenvalue weighted by Crippen LogP contribution is 2.19. The second-order valence-electron chi connectivity index (χ2n) is 7.08. The highest BCUT2D eigenvalue weighted by Gasteiger charge is 2.18. The van der Waals surface area contributed by atoms with E-state index in [9.17, 15) is 14.0 Å². The molecule has 0 aliphatic carbocycles. The van der Waals surface area contributed by atoms with Crippen LogP contribution >= 0.6 is 0 Å². The molecular weight excluding hydrogens is 413 g/mol. The predicted molar refractivity (Wildman–Crippen MR) is 116 cm³/mol. The van der Waals surface area contributed by atoms with Crippen LogP contribution in [0.4, 0.5) is 4.39 Å². The smallest absolute Gasteiger partial charge is 0.335 e. The number of aromatic carboxylic acids is 1. The number of ether oxygens (including phenoxy) is 1. The third-order valence-corrected chi connectivity index (χ3v) is 4.90. The molecule has 8 heteroatoms. The lowest BCUT2D eigenvalue weighted by molar-refractivity contribution is 0.0696. The number of carboxylic acid groups (broad SMARTS) is 1. The van der Waals surface area contributed by atoms with Gasteiger partial charge in [-0.3, -0.25) is 9.48 Å². The molecule has 1 amide bonds. The van der Waals surface area contributed by atoms with Gasteiger partial charge in [0.1, 0.15) is 23.9 Å². The van der Waals surface area contributed by atoms with Gasteiger partial charge in [0.15, 0.2) is 0 Å². The van der Waals surface area contributed by atoms with Crippen LogP contribution in [0.1, 0.15) is 26.4 Å². The summed E-state index contributed by atoms with van der Waals surface area (Å²) in [6, 6.07) is 19.4. The molecule has 0 radical (unpaired) electrons. The van der Waals surface area contributed by atoms with Crippen LogP contribution in [0.25, 0.3) is 10.9 Å². The molecule has 7 nitrogen and oxygen atoms in total. The summed E-state index contributed by atoms with van der Waals surface area (Å²) >= 11 is 0. The number of fused-ring (bicyclic) bond motifs is 1. The summed E-state index contributed by atoms with van der Waals surface area (Å²) in [6.45, 7) is 0.809. The van der Waals surface area contributed by atoms with Crippen LogP contribution in [-0.4, -0.2) is 33.4 Å². The van der Waals surface area contributed by atoms with E-state index in [4.69, 9.17) is 9.84 Å². The minimum absolute atomic E-state index is 0.185. The molecule has 0 fully saturated rings. The lowest BCUT2D eigenvalue weighted by atomic mass is 10.1. The Hall–Kier alpha value is -4.20. The van der Waals surface area contributed by atoms with Gasteiger partial charge in [-0.1, -0.05) is 30.3 Å². The average molecular weight is 433 g/mol. The van der Waals surface area contributed by atoms with E-state index in [1.165, 1.54) is 36.4 Å². The van der Waals surface area contributed by atoms with Crippen molar-refractivity contribution in [1.29, 1.82) is 0 Å². The van der Waals surface area contributed by atoms with E-state index >= 15 is 0 Å². The van der Waals surface area contributed by atoms with E-state index in [1.807, 2.05) is 24.3 Å². The molecule has 1 heterocycles. The Kier molecular flexibility index (Phi) is 6.12. The summed E-state index contributed by atoms with van der Waals surface area (Å²) in [5.74, 6) is -1.12. The van der Waals surface area contributed by atoms with Gasteiger partial charge >= 0.3 is 5.97 Å².